The largest absolute Gasteiger partial charge is 0.321 e. The molecule has 1 heterocycles. The molecule has 3 rings (SSSR count). The lowest BCUT2D eigenvalue weighted by Gasteiger charge is -2.14. The number of halogens is 2. The quantitative estimate of drug-likeness (QED) is 0.822. The molecule has 25 heavy (non-hydrogen) atoms. The highest BCUT2D eigenvalue weighted by Crippen LogP contribution is 2.26. The first kappa shape index (κ1) is 17.5. The third-order valence-corrected chi connectivity index (χ3v) is 4.44. The smallest absolute Gasteiger partial charge is 0.255 e. The summed E-state index contributed by atoms with van der Waals surface area (Å²) in [6.07, 6.45) is 0.530. The average Bonchev–Trinajstić information content (AvgIpc) is 2.90. The predicted octanol–water partition coefficient (Wildman–Crippen LogP) is 3.89. The van der Waals surface area contributed by atoms with E-state index in [1.807, 2.05) is 0 Å². The van der Waals surface area contributed by atoms with E-state index in [1.54, 1.807) is 42.5 Å². The van der Waals surface area contributed by atoms with Gasteiger partial charge in [0.05, 0.1) is 17.3 Å². The highest BCUT2D eigenvalue weighted by Gasteiger charge is 2.28. The van der Waals surface area contributed by atoms with E-state index in [0.717, 1.165) is 5.56 Å². The van der Waals surface area contributed by atoms with Gasteiger partial charge in [-0.05, 0) is 35.9 Å². The van der Waals surface area contributed by atoms with Gasteiger partial charge in [0.2, 0.25) is 11.8 Å². The summed E-state index contributed by atoms with van der Waals surface area (Å²) >= 11 is 11.9. The van der Waals surface area contributed by atoms with Gasteiger partial charge in [0.25, 0.3) is 5.91 Å². The van der Waals surface area contributed by atoms with Crippen LogP contribution in [0.5, 0.6) is 0 Å². The minimum atomic E-state index is -0.316. The van der Waals surface area contributed by atoms with Gasteiger partial charge in [-0.3, -0.25) is 19.3 Å². The van der Waals surface area contributed by atoms with Crippen LogP contribution in [0.1, 0.15) is 28.8 Å². The summed E-state index contributed by atoms with van der Waals surface area (Å²) in [7, 11) is 0. The van der Waals surface area contributed by atoms with Crippen LogP contribution in [0.3, 0.4) is 0 Å². The molecule has 2 aromatic carbocycles. The van der Waals surface area contributed by atoms with E-state index in [2.05, 4.69) is 5.32 Å². The van der Waals surface area contributed by atoms with Crippen molar-refractivity contribution in [2.24, 2.45) is 0 Å². The summed E-state index contributed by atoms with van der Waals surface area (Å²) in [5.74, 6) is -0.641. The fourth-order valence-corrected chi connectivity index (χ4v) is 2.98. The number of carbonyl (C=O) groups is 3. The zero-order valence-corrected chi connectivity index (χ0v) is 14.6. The number of likely N-dealkylation sites (tertiary alicyclic amines) is 1. The van der Waals surface area contributed by atoms with Crippen LogP contribution in [0.2, 0.25) is 10.0 Å². The number of anilines is 1. The van der Waals surface area contributed by atoms with Gasteiger partial charge in [-0.2, -0.15) is 0 Å². The highest BCUT2D eigenvalue weighted by atomic mass is 35.5. The third-order valence-electron chi connectivity index (χ3n) is 3.89. The molecule has 1 aliphatic rings. The number of nitrogens with one attached hydrogen (secondary N) is 1. The number of hydrogen-bond acceptors (Lipinski definition) is 3. The van der Waals surface area contributed by atoms with Crippen LogP contribution >= 0.6 is 23.2 Å². The zero-order chi connectivity index (χ0) is 18.0. The first-order chi connectivity index (χ1) is 11.9. The molecule has 5 nitrogen and oxygen atoms in total. The van der Waals surface area contributed by atoms with E-state index in [-0.39, 0.29) is 37.1 Å². The van der Waals surface area contributed by atoms with Crippen LogP contribution in [0.15, 0.2) is 42.5 Å². The number of imide groups is 1. The highest BCUT2D eigenvalue weighted by molar-refractivity contribution is 6.36. The molecule has 1 aliphatic heterocycles. The molecule has 0 saturated carbocycles. The Bertz CT molecular complexity index is 834. The maximum absolute atomic E-state index is 12.3. The van der Waals surface area contributed by atoms with Gasteiger partial charge in [-0.1, -0.05) is 35.3 Å². The number of carbonyl (C=O) groups excluding carboxylic acids is 3. The fourth-order valence-electron chi connectivity index (χ4n) is 2.53. The molecule has 0 aromatic heterocycles. The van der Waals surface area contributed by atoms with Crippen molar-refractivity contribution in [3.63, 3.8) is 0 Å². The Morgan fingerprint density at radius 1 is 1.00 bits per heavy atom. The first-order valence-electron chi connectivity index (χ1n) is 7.62. The summed E-state index contributed by atoms with van der Waals surface area (Å²) in [6.45, 7) is 0.225. The van der Waals surface area contributed by atoms with Crippen LogP contribution in [0.25, 0.3) is 0 Å². The van der Waals surface area contributed by atoms with Crippen LogP contribution in [0.4, 0.5) is 5.69 Å². The zero-order valence-electron chi connectivity index (χ0n) is 13.1. The maximum Gasteiger partial charge on any atom is 0.255 e. The predicted molar refractivity (Wildman–Crippen MR) is 95.6 cm³/mol. The second-order valence-electron chi connectivity index (χ2n) is 5.65. The fraction of sp³-hybridized carbons (Fsp3) is 0.167. The van der Waals surface area contributed by atoms with Crippen molar-refractivity contribution < 1.29 is 14.4 Å². The van der Waals surface area contributed by atoms with E-state index in [4.69, 9.17) is 23.2 Å². The minimum absolute atomic E-state index is 0.163. The average molecular weight is 377 g/mol. The Labute approximate surface area is 154 Å². The van der Waals surface area contributed by atoms with E-state index in [0.29, 0.717) is 21.3 Å². The Morgan fingerprint density at radius 3 is 2.24 bits per heavy atom. The molecule has 0 unspecified atom stereocenters. The summed E-state index contributed by atoms with van der Waals surface area (Å²) in [5, 5.41) is 3.55. The van der Waals surface area contributed by atoms with E-state index in [9.17, 15) is 14.4 Å². The van der Waals surface area contributed by atoms with Gasteiger partial charge < -0.3 is 5.32 Å². The lowest BCUT2D eigenvalue weighted by Crippen LogP contribution is -2.28. The SMILES string of the molecule is O=C(Nc1ccc(Cl)cc1Cl)c1ccc(CN2C(=O)CCC2=O)cc1. The molecule has 128 valence electrons. The first-order valence-corrected chi connectivity index (χ1v) is 8.38. The molecule has 3 amide bonds. The van der Waals surface area contributed by atoms with Gasteiger partial charge in [-0.15, -0.1) is 0 Å². The lowest BCUT2D eigenvalue weighted by atomic mass is 10.1. The summed E-state index contributed by atoms with van der Waals surface area (Å²) in [6, 6.07) is 11.5. The molecule has 1 saturated heterocycles. The van der Waals surface area contributed by atoms with Crippen LogP contribution < -0.4 is 5.32 Å². The van der Waals surface area contributed by atoms with Crippen molar-refractivity contribution in [1.82, 2.24) is 4.90 Å². The summed E-state index contributed by atoms with van der Waals surface area (Å²) in [5.41, 5.74) is 1.69. The molecule has 0 atom stereocenters. The number of rotatable bonds is 4. The second-order valence-corrected chi connectivity index (χ2v) is 6.49. The van der Waals surface area contributed by atoms with Gasteiger partial charge in [0.15, 0.2) is 0 Å². The van der Waals surface area contributed by atoms with Gasteiger partial charge >= 0.3 is 0 Å². The van der Waals surface area contributed by atoms with Crippen molar-refractivity contribution in [3.05, 3.63) is 63.6 Å². The Hall–Kier alpha value is -2.37. The normalized spacial score (nSPS) is 14.1. The van der Waals surface area contributed by atoms with E-state index >= 15 is 0 Å². The number of nitrogens with zero attached hydrogens (tertiary/aromatic N) is 1. The Kier molecular flexibility index (Phi) is 5.06. The standard InChI is InChI=1S/C18H14Cl2N2O3/c19-13-5-6-15(14(20)9-13)21-18(25)12-3-1-11(2-4-12)10-22-16(23)7-8-17(22)24/h1-6,9H,7-8,10H2,(H,21,25). The van der Waals surface area contributed by atoms with Crippen LogP contribution in [-0.2, 0) is 16.1 Å². The number of benzene rings is 2. The molecule has 7 heteroatoms. The van der Waals surface area contributed by atoms with Crippen LogP contribution in [-0.4, -0.2) is 22.6 Å². The van der Waals surface area contributed by atoms with Crippen molar-refractivity contribution in [2.75, 3.05) is 5.32 Å². The van der Waals surface area contributed by atoms with Gasteiger partial charge in [-0.25, -0.2) is 0 Å². The molecule has 0 aliphatic carbocycles. The second kappa shape index (κ2) is 7.25. The molecular formula is C18H14Cl2N2O3. The van der Waals surface area contributed by atoms with Crippen molar-refractivity contribution >= 4 is 46.6 Å². The molecular weight excluding hydrogens is 363 g/mol. The Morgan fingerprint density at radius 2 is 1.64 bits per heavy atom. The van der Waals surface area contributed by atoms with Gasteiger partial charge in [0.1, 0.15) is 0 Å². The third kappa shape index (κ3) is 4.00. The molecule has 0 radical (unpaired) electrons. The number of hydrogen-bond donors (Lipinski definition) is 1. The number of amides is 3. The lowest BCUT2D eigenvalue weighted by molar-refractivity contribution is -0.139. The molecule has 2 aromatic rings. The van der Waals surface area contributed by atoms with Crippen molar-refractivity contribution in [3.8, 4) is 0 Å². The summed E-state index contributed by atoms with van der Waals surface area (Å²) in [4.78, 5) is 36.8. The topological polar surface area (TPSA) is 66.5 Å². The Balaban J connectivity index is 1.68. The van der Waals surface area contributed by atoms with Crippen molar-refractivity contribution in [1.29, 1.82) is 0 Å². The molecule has 1 N–H and O–H groups in total. The minimum Gasteiger partial charge on any atom is -0.321 e. The molecule has 0 spiro atoms. The van der Waals surface area contributed by atoms with E-state index in [1.165, 1.54) is 4.90 Å². The van der Waals surface area contributed by atoms with E-state index < -0.39 is 0 Å². The molecule has 0 bridgehead atoms. The van der Waals surface area contributed by atoms with Crippen LogP contribution in [0, 0.1) is 0 Å². The molecule has 1 fully saturated rings. The maximum atomic E-state index is 12.3. The van der Waals surface area contributed by atoms with Crippen molar-refractivity contribution in [2.45, 2.75) is 19.4 Å². The van der Waals surface area contributed by atoms with Gasteiger partial charge in [0, 0.05) is 23.4 Å². The monoisotopic (exact) mass is 376 g/mol. The summed E-state index contributed by atoms with van der Waals surface area (Å²) < 4.78 is 0.